The Morgan fingerprint density at radius 1 is 1.35 bits per heavy atom. The van der Waals surface area contributed by atoms with Gasteiger partial charge in [-0.3, -0.25) is 4.79 Å². The second kappa shape index (κ2) is 9.35. The van der Waals surface area contributed by atoms with Crippen LogP contribution in [0.1, 0.15) is 52.9 Å². The summed E-state index contributed by atoms with van der Waals surface area (Å²) in [7, 11) is 0. The third kappa shape index (κ3) is 6.23. The number of carbonyl (C=O) groups excluding carboxylic acids is 1. The van der Waals surface area contributed by atoms with Gasteiger partial charge in [0.1, 0.15) is 0 Å². The maximum atomic E-state index is 11.9. The zero-order valence-corrected chi connectivity index (χ0v) is 13.4. The molecule has 1 fully saturated rings. The Morgan fingerprint density at radius 3 is 2.70 bits per heavy atom. The van der Waals surface area contributed by atoms with Gasteiger partial charge in [0.2, 0.25) is 5.91 Å². The van der Waals surface area contributed by atoms with Gasteiger partial charge in [0, 0.05) is 31.7 Å². The molecule has 0 radical (unpaired) electrons. The zero-order valence-electron chi connectivity index (χ0n) is 13.4. The monoisotopic (exact) mass is 284 g/mol. The lowest BCUT2D eigenvalue weighted by Crippen LogP contribution is -2.51. The second-order valence-electron chi connectivity index (χ2n) is 6.44. The summed E-state index contributed by atoms with van der Waals surface area (Å²) in [5, 5.41) is 12.2. The first kappa shape index (κ1) is 17.4. The summed E-state index contributed by atoms with van der Waals surface area (Å²) < 4.78 is 0. The molecular formula is C16H32N2O2. The van der Waals surface area contributed by atoms with E-state index in [1.165, 1.54) is 12.8 Å². The van der Waals surface area contributed by atoms with Crippen molar-refractivity contribution in [2.45, 2.75) is 58.9 Å². The molecule has 2 N–H and O–H groups in total. The number of unbranched alkanes of at least 4 members (excludes halogenated alkanes) is 1. The molecule has 4 nitrogen and oxygen atoms in total. The molecule has 0 aromatic heterocycles. The highest BCUT2D eigenvalue weighted by Crippen LogP contribution is 2.22. The molecule has 0 saturated carbocycles. The maximum absolute atomic E-state index is 11.9. The number of piperidine rings is 1. The van der Waals surface area contributed by atoms with Crippen LogP contribution in [0.25, 0.3) is 0 Å². The third-order valence-electron chi connectivity index (χ3n) is 4.08. The fraction of sp³-hybridized carbons (Fsp3) is 0.938. The van der Waals surface area contributed by atoms with Crippen LogP contribution in [0.3, 0.4) is 0 Å². The fourth-order valence-corrected chi connectivity index (χ4v) is 2.93. The van der Waals surface area contributed by atoms with Crippen LogP contribution in [-0.2, 0) is 4.79 Å². The summed E-state index contributed by atoms with van der Waals surface area (Å²) in [6.45, 7) is 9.59. The lowest BCUT2D eigenvalue weighted by molar-refractivity contribution is -0.125. The van der Waals surface area contributed by atoms with E-state index in [-0.39, 0.29) is 24.5 Å². The first-order valence-electron chi connectivity index (χ1n) is 8.20. The Labute approximate surface area is 123 Å². The highest BCUT2D eigenvalue weighted by molar-refractivity contribution is 5.78. The highest BCUT2D eigenvalue weighted by Gasteiger charge is 2.27. The maximum Gasteiger partial charge on any atom is 0.222 e. The van der Waals surface area contributed by atoms with Gasteiger partial charge in [-0.1, -0.05) is 27.2 Å². The van der Waals surface area contributed by atoms with Crippen molar-refractivity contribution in [3.63, 3.8) is 0 Å². The smallest absolute Gasteiger partial charge is 0.222 e. The largest absolute Gasteiger partial charge is 0.396 e. The molecule has 1 amide bonds. The first-order chi connectivity index (χ1) is 9.56. The lowest BCUT2D eigenvalue weighted by atomic mass is 9.90. The molecule has 1 rings (SSSR count). The molecule has 20 heavy (non-hydrogen) atoms. The molecule has 1 aliphatic rings. The Kier molecular flexibility index (Phi) is 8.15. The van der Waals surface area contributed by atoms with Crippen molar-refractivity contribution in [3.05, 3.63) is 0 Å². The lowest BCUT2D eigenvalue weighted by Gasteiger charge is -2.38. The van der Waals surface area contributed by atoms with E-state index >= 15 is 0 Å². The van der Waals surface area contributed by atoms with Gasteiger partial charge in [0.25, 0.3) is 0 Å². The number of nitrogens with one attached hydrogen (secondary N) is 1. The summed E-state index contributed by atoms with van der Waals surface area (Å²) in [5.41, 5.74) is 0. The van der Waals surface area contributed by atoms with Crippen molar-refractivity contribution >= 4 is 5.91 Å². The number of likely N-dealkylation sites (tertiary alicyclic amines) is 1. The number of rotatable bonds is 8. The number of carbonyl (C=O) groups is 1. The summed E-state index contributed by atoms with van der Waals surface area (Å²) in [4.78, 5) is 14.4. The molecule has 2 unspecified atom stereocenters. The summed E-state index contributed by atoms with van der Waals surface area (Å²) in [6, 6.07) is 0.277. The number of aliphatic hydroxyl groups is 1. The quantitative estimate of drug-likeness (QED) is 0.717. The Hall–Kier alpha value is -0.610. The fourth-order valence-electron chi connectivity index (χ4n) is 2.93. The topological polar surface area (TPSA) is 52.6 Å². The van der Waals surface area contributed by atoms with E-state index in [1.807, 2.05) is 13.8 Å². The second-order valence-corrected chi connectivity index (χ2v) is 6.44. The summed E-state index contributed by atoms with van der Waals surface area (Å²) in [6.07, 6.45) is 5.42. The van der Waals surface area contributed by atoms with Crippen LogP contribution in [0.4, 0.5) is 0 Å². The van der Waals surface area contributed by atoms with Crippen molar-refractivity contribution in [2.75, 3.05) is 26.2 Å². The van der Waals surface area contributed by atoms with Gasteiger partial charge in [-0.15, -0.1) is 0 Å². The highest BCUT2D eigenvalue weighted by atomic mass is 16.2. The van der Waals surface area contributed by atoms with Crippen LogP contribution in [0.2, 0.25) is 0 Å². The van der Waals surface area contributed by atoms with Crippen molar-refractivity contribution in [1.82, 2.24) is 10.2 Å². The Bertz CT molecular complexity index is 266. The van der Waals surface area contributed by atoms with E-state index < -0.39 is 0 Å². The van der Waals surface area contributed by atoms with Crippen LogP contribution < -0.4 is 5.32 Å². The SMILES string of the molecule is CCCCN1CC(CCCO)CC(NC(=O)C(C)C)C1. The van der Waals surface area contributed by atoms with Crippen molar-refractivity contribution in [2.24, 2.45) is 11.8 Å². The molecule has 4 heteroatoms. The normalized spacial score (nSPS) is 24.1. The molecule has 118 valence electrons. The van der Waals surface area contributed by atoms with E-state index in [1.54, 1.807) is 0 Å². The molecular weight excluding hydrogens is 252 g/mol. The number of hydrogen-bond acceptors (Lipinski definition) is 3. The van der Waals surface area contributed by atoms with Crippen molar-refractivity contribution in [1.29, 1.82) is 0 Å². The van der Waals surface area contributed by atoms with E-state index in [0.717, 1.165) is 38.9 Å². The van der Waals surface area contributed by atoms with E-state index in [0.29, 0.717) is 5.92 Å². The van der Waals surface area contributed by atoms with E-state index in [4.69, 9.17) is 5.11 Å². The molecule has 1 heterocycles. The number of hydrogen-bond donors (Lipinski definition) is 2. The summed E-state index contributed by atoms with van der Waals surface area (Å²) >= 11 is 0. The van der Waals surface area contributed by atoms with Crippen LogP contribution in [0.5, 0.6) is 0 Å². The molecule has 0 bridgehead atoms. The van der Waals surface area contributed by atoms with Crippen LogP contribution in [0.15, 0.2) is 0 Å². The van der Waals surface area contributed by atoms with Crippen LogP contribution in [0, 0.1) is 11.8 Å². The minimum atomic E-state index is 0.0527. The first-order valence-corrected chi connectivity index (χ1v) is 8.20. The van der Waals surface area contributed by atoms with Crippen molar-refractivity contribution < 1.29 is 9.90 Å². The molecule has 0 aromatic carbocycles. The molecule has 0 aliphatic carbocycles. The molecule has 1 saturated heterocycles. The molecule has 0 spiro atoms. The standard InChI is InChI=1S/C16H32N2O2/c1-4-5-8-18-11-14(7-6-9-19)10-15(12-18)17-16(20)13(2)3/h13-15,19H,4-12H2,1-3H3,(H,17,20). The number of amides is 1. The Morgan fingerprint density at radius 2 is 2.10 bits per heavy atom. The van der Waals surface area contributed by atoms with Gasteiger partial charge < -0.3 is 15.3 Å². The van der Waals surface area contributed by atoms with Crippen LogP contribution >= 0.6 is 0 Å². The zero-order chi connectivity index (χ0) is 15.0. The average molecular weight is 284 g/mol. The summed E-state index contributed by atoms with van der Waals surface area (Å²) in [5.74, 6) is 0.815. The van der Waals surface area contributed by atoms with Crippen molar-refractivity contribution in [3.8, 4) is 0 Å². The third-order valence-corrected chi connectivity index (χ3v) is 4.08. The van der Waals surface area contributed by atoms with Gasteiger partial charge >= 0.3 is 0 Å². The van der Waals surface area contributed by atoms with Gasteiger partial charge in [0.15, 0.2) is 0 Å². The van der Waals surface area contributed by atoms with Gasteiger partial charge in [-0.25, -0.2) is 0 Å². The van der Waals surface area contributed by atoms with E-state index in [9.17, 15) is 4.79 Å². The minimum Gasteiger partial charge on any atom is -0.396 e. The predicted octanol–water partition coefficient (Wildman–Crippen LogP) is 2.02. The molecule has 2 atom stereocenters. The Balaban J connectivity index is 2.51. The molecule has 1 aliphatic heterocycles. The van der Waals surface area contributed by atoms with Crippen LogP contribution in [-0.4, -0.2) is 48.2 Å². The van der Waals surface area contributed by atoms with Gasteiger partial charge in [0.05, 0.1) is 0 Å². The predicted molar refractivity (Wildman–Crippen MR) is 82.5 cm³/mol. The number of aliphatic hydroxyl groups excluding tert-OH is 1. The van der Waals surface area contributed by atoms with E-state index in [2.05, 4.69) is 17.1 Å². The van der Waals surface area contributed by atoms with Gasteiger partial charge in [-0.05, 0) is 38.1 Å². The minimum absolute atomic E-state index is 0.0527. The average Bonchev–Trinajstić information content (AvgIpc) is 2.42. The molecule has 0 aromatic rings. The van der Waals surface area contributed by atoms with Gasteiger partial charge in [-0.2, -0.15) is 0 Å². The number of nitrogens with zero attached hydrogens (tertiary/aromatic N) is 1.